The zero-order valence-electron chi connectivity index (χ0n) is 9.69. The van der Waals surface area contributed by atoms with Crippen LogP contribution in [0.15, 0.2) is 58.8 Å². The number of aromatic nitrogens is 1. The van der Waals surface area contributed by atoms with E-state index in [4.69, 9.17) is 11.6 Å². The van der Waals surface area contributed by atoms with Crippen molar-refractivity contribution < 1.29 is 8.42 Å². The molecule has 0 radical (unpaired) electrons. The maximum Gasteiger partial charge on any atom is 0.276 e. The van der Waals surface area contributed by atoms with Crippen molar-refractivity contribution in [2.75, 3.05) is 0 Å². The van der Waals surface area contributed by atoms with E-state index in [0.717, 1.165) is 0 Å². The standard InChI is InChI=1S/C12H10ClN3O2S/c13-11-3-5-12(6-4-11)19(17,18)16-15-9-10-2-1-7-14-8-10/h1-9,16H/b15-9-. The molecule has 98 valence electrons. The molecule has 2 aromatic rings. The van der Waals surface area contributed by atoms with Crippen molar-refractivity contribution in [3.8, 4) is 0 Å². The van der Waals surface area contributed by atoms with Gasteiger partial charge in [-0.3, -0.25) is 4.98 Å². The number of hydrogen-bond donors (Lipinski definition) is 1. The topological polar surface area (TPSA) is 71.4 Å². The summed E-state index contributed by atoms with van der Waals surface area (Å²) in [6.07, 6.45) is 4.57. The Morgan fingerprint density at radius 2 is 1.95 bits per heavy atom. The van der Waals surface area contributed by atoms with E-state index >= 15 is 0 Å². The third-order valence-electron chi connectivity index (χ3n) is 2.19. The van der Waals surface area contributed by atoms with Crippen molar-refractivity contribution in [2.24, 2.45) is 5.10 Å². The number of nitrogens with zero attached hydrogens (tertiary/aromatic N) is 2. The third-order valence-corrected chi connectivity index (χ3v) is 3.69. The average molecular weight is 296 g/mol. The molecule has 2 rings (SSSR count). The van der Waals surface area contributed by atoms with Gasteiger partial charge in [0.2, 0.25) is 0 Å². The highest BCUT2D eigenvalue weighted by Gasteiger charge is 2.11. The summed E-state index contributed by atoms with van der Waals surface area (Å²) in [6, 6.07) is 9.30. The number of nitrogens with one attached hydrogen (secondary N) is 1. The van der Waals surface area contributed by atoms with Crippen molar-refractivity contribution in [2.45, 2.75) is 4.90 Å². The van der Waals surface area contributed by atoms with Crippen molar-refractivity contribution >= 4 is 27.8 Å². The molecule has 0 unspecified atom stereocenters. The maximum atomic E-state index is 11.9. The minimum absolute atomic E-state index is 0.0974. The second-order valence-corrected chi connectivity index (χ2v) is 5.69. The normalized spacial score (nSPS) is 11.6. The molecule has 0 aliphatic rings. The summed E-state index contributed by atoms with van der Waals surface area (Å²) in [5.41, 5.74) is 0.696. The first-order chi connectivity index (χ1) is 9.08. The molecule has 1 N–H and O–H groups in total. The van der Waals surface area contributed by atoms with Gasteiger partial charge in [-0.05, 0) is 30.3 Å². The van der Waals surface area contributed by atoms with Gasteiger partial charge in [0, 0.05) is 23.0 Å². The Bertz CT molecular complexity index is 670. The molecule has 1 heterocycles. The smallest absolute Gasteiger partial charge is 0.264 e. The molecule has 0 aliphatic carbocycles. The minimum Gasteiger partial charge on any atom is -0.264 e. The van der Waals surface area contributed by atoms with Crippen molar-refractivity contribution in [1.29, 1.82) is 0 Å². The number of rotatable bonds is 4. The summed E-state index contributed by atoms with van der Waals surface area (Å²) < 4.78 is 23.7. The van der Waals surface area contributed by atoms with Crippen LogP contribution in [-0.4, -0.2) is 19.6 Å². The van der Waals surface area contributed by atoms with Crippen LogP contribution in [0.25, 0.3) is 0 Å². The Morgan fingerprint density at radius 1 is 1.21 bits per heavy atom. The molecule has 0 fully saturated rings. The average Bonchev–Trinajstić information content (AvgIpc) is 2.40. The fourth-order valence-electron chi connectivity index (χ4n) is 1.29. The van der Waals surface area contributed by atoms with E-state index in [1.165, 1.54) is 30.5 Å². The van der Waals surface area contributed by atoms with Gasteiger partial charge < -0.3 is 0 Å². The van der Waals surface area contributed by atoms with Gasteiger partial charge in [-0.15, -0.1) is 0 Å². The summed E-state index contributed by atoms with van der Waals surface area (Å²) in [7, 11) is -3.67. The van der Waals surface area contributed by atoms with Crippen molar-refractivity contribution in [3.05, 3.63) is 59.4 Å². The Hall–Kier alpha value is -1.92. The molecule has 1 aromatic heterocycles. The lowest BCUT2D eigenvalue weighted by molar-refractivity contribution is 0.584. The lowest BCUT2D eigenvalue weighted by Crippen LogP contribution is -2.18. The van der Waals surface area contributed by atoms with E-state index in [-0.39, 0.29) is 4.90 Å². The molecule has 0 saturated carbocycles. The maximum absolute atomic E-state index is 11.9. The highest BCUT2D eigenvalue weighted by Crippen LogP contribution is 2.13. The Morgan fingerprint density at radius 3 is 2.58 bits per heavy atom. The zero-order chi connectivity index (χ0) is 13.7. The molecule has 0 spiro atoms. The SMILES string of the molecule is O=S(=O)(N/N=C\c1cccnc1)c1ccc(Cl)cc1. The molecule has 0 aliphatic heterocycles. The molecular formula is C12H10ClN3O2S. The van der Waals surface area contributed by atoms with Crippen LogP contribution in [0.4, 0.5) is 0 Å². The lowest BCUT2D eigenvalue weighted by atomic mass is 10.3. The number of halogens is 1. The second kappa shape index (κ2) is 5.81. The van der Waals surface area contributed by atoms with E-state index in [2.05, 4.69) is 14.9 Å². The fourth-order valence-corrected chi connectivity index (χ4v) is 2.21. The Kier molecular flexibility index (Phi) is 4.13. The third kappa shape index (κ3) is 3.77. The lowest BCUT2D eigenvalue weighted by Gasteiger charge is -2.02. The number of sulfonamides is 1. The zero-order valence-corrected chi connectivity index (χ0v) is 11.3. The molecule has 0 bridgehead atoms. The quantitative estimate of drug-likeness (QED) is 0.693. The second-order valence-electron chi connectivity index (χ2n) is 3.59. The Labute approximate surface area is 116 Å². The van der Waals surface area contributed by atoms with Crippen LogP contribution in [0.2, 0.25) is 5.02 Å². The van der Waals surface area contributed by atoms with Gasteiger partial charge in [0.1, 0.15) is 0 Å². The monoisotopic (exact) mass is 295 g/mol. The van der Waals surface area contributed by atoms with Crippen molar-refractivity contribution in [3.63, 3.8) is 0 Å². The van der Waals surface area contributed by atoms with Crippen LogP contribution < -0.4 is 4.83 Å². The van der Waals surface area contributed by atoms with Crippen LogP contribution in [0, 0.1) is 0 Å². The summed E-state index contributed by atoms with van der Waals surface area (Å²) in [5, 5.41) is 4.15. The highest BCUT2D eigenvalue weighted by atomic mass is 35.5. The Balaban J connectivity index is 2.10. The molecule has 0 amide bonds. The predicted molar refractivity (Wildman–Crippen MR) is 73.6 cm³/mol. The minimum atomic E-state index is -3.67. The summed E-state index contributed by atoms with van der Waals surface area (Å²) in [5.74, 6) is 0. The molecule has 1 aromatic carbocycles. The van der Waals surface area contributed by atoms with Gasteiger partial charge in [0.05, 0.1) is 11.1 Å². The van der Waals surface area contributed by atoms with Gasteiger partial charge in [-0.1, -0.05) is 17.7 Å². The van der Waals surface area contributed by atoms with Gasteiger partial charge in [-0.2, -0.15) is 13.5 Å². The molecule has 0 atom stereocenters. The molecular weight excluding hydrogens is 286 g/mol. The van der Waals surface area contributed by atoms with Gasteiger partial charge in [-0.25, -0.2) is 4.83 Å². The van der Waals surface area contributed by atoms with Crippen LogP contribution in [0.3, 0.4) is 0 Å². The van der Waals surface area contributed by atoms with Crippen LogP contribution >= 0.6 is 11.6 Å². The van der Waals surface area contributed by atoms with Crippen molar-refractivity contribution in [1.82, 2.24) is 9.82 Å². The largest absolute Gasteiger partial charge is 0.276 e. The van der Waals surface area contributed by atoms with Crippen LogP contribution in [-0.2, 0) is 10.0 Å². The number of hydrazone groups is 1. The highest BCUT2D eigenvalue weighted by molar-refractivity contribution is 7.89. The molecule has 7 heteroatoms. The van der Waals surface area contributed by atoms with E-state index in [9.17, 15) is 8.42 Å². The fraction of sp³-hybridized carbons (Fsp3) is 0. The first-order valence-corrected chi connectivity index (χ1v) is 7.14. The molecule has 19 heavy (non-hydrogen) atoms. The first-order valence-electron chi connectivity index (χ1n) is 5.28. The summed E-state index contributed by atoms with van der Waals surface area (Å²) >= 11 is 5.69. The number of hydrogen-bond acceptors (Lipinski definition) is 4. The molecule has 0 saturated heterocycles. The summed E-state index contributed by atoms with van der Waals surface area (Å²) in [4.78, 5) is 6.10. The van der Waals surface area contributed by atoms with E-state index in [1.54, 1.807) is 24.5 Å². The van der Waals surface area contributed by atoms with E-state index in [0.29, 0.717) is 10.6 Å². The van der Waals surface area contributed by atoms with E-state index < -0.39 is 10.0 Å². The van der Waals surface area contributed by atoms with Gasteiger partial charge >= 0.3 is 0 Å². The summed E-state index contributed by atoms with van der Waals surface area (Å²) in [6.45, 7) is 0. The van der Waals surface area contributed by atoms with Crippen LogP contribution in [0.5, 0.6) is 0 Å². The first kappa shape index (κ1) is 13.5. The number of pyridine rings is 1. The predicted octanol–water partition coefficient (Wildman–Crippen LogP) is 2.05. The van der Waals surface area contributed by atoms with Gasteiger partial charge in [0.25, 0.3) is 10.0 Å². The van der Waals surface area contributed by atoms with Gasteiger partial charge in [0.15, 0.2) is 0 Å². The van der Waals surface area contributed by atoms with Crippen LogP contribution in [0.1, 0.15) is 5.56 Å². The van der Waals surface area contributed by atoms with E-state index in [1.807, 2.05) is 0 Å². The number of benzene rings is 1. The molecule has 5 nitrogen and oxygen atoms in total.